The van der Waals surface area contributed by atoms with Crippen LogP contribution in [0.25, 0.3) is 0 Å². The zero-order valence-corrected chi connectivity index (χ0v) is 5.63. The number of nitrogens with zero attached hydrogens (tertiary/aromatic N) is 2. The Morgan fingerprint density at radius 1 is 1.56 bits per heavy atom. The van der Waals surface area contributed by atoms with E-state index in [9.17, 15) is 0 Å². The molecule has 0 aliphatic heterocycles. The molecule has 0 aliphatic carbocycles. The molecule has 0 fully saturated rings. The van der Waals surface area contributed by atoms with Gasteiger partial charge in [-0.15, -0.1) is 5.10 Å². The third-order valence-corrected chi connectivity index (χ3v) is 1.22. The van der Waals surface area contributed by atoms with Crippen molar-refractivity contribution in [1.82, 2.24) is 10.2 Å². The van der Waals surface area contributed by atoms with E-state index in [0.717, 1.165) is 0 Å². The summed E-state index contributed by atoms with van der Waals surface area (Å²) < 4.78 is 0. The summed E-state index contributed by atoms with van der Waals surface area (Å²) in [6, 6.07) is 1.86. The van der Waals surface area contributed by atoms with E-state index in [4.69, 9.17) is 0 Å². The van der Waals surface area contributed by atoms with Crippen LogP contribution in [-0.2, 0) is 0 Å². The van der Waals surface area contributed by atoms with Crippen LogP contribution in [0.5, 0.6) is 0 Å². The second kappa shape index (κ2) is 2.58. The number of aromatic nitrogens is 2. The summed E-state index contributed by atoms with van der Waals surface area (Å²) in [6.07, 6.45) is 4.45. The number of rotatable bonds is 1. The topological polar surface area (TPSA) is 25.8 Å². The summed E-state index contributed by atoms with van der Waals surface area (Å²) in [7, 11) is 0. The standard InChI is InChI=1S/C7H9N2/c1-6(2)7-3-4-8-9-5-7/h3,5-6H,1-2H3. The van der Waals surface area contributed by atoms with Gasteiger partial charge in [0.05, 0.1) is 6.20 Å². The lowest BCUT2D eigenvalue weighted by Crippen LogP contribution is -1.88. The van der Waals surface area contributed by atoms with Crippen LogP contribution in [-0.4, -0.2) is 10.2 Å². The van der Waals surface area contributed by atoms with Crippen molar-refractivity contribution in [2.75, 3.05) is 0 Å². The first kappa shape index (κ1) is 6.20. The molecule has 0 N–H and O–H groups in total. The molecule has 0 saturated heterocycles. The van der Waals surface area contributed by atoms with E-state index >= 15 is 0 Å². The van der Waals surface area contributed by atoms with Crippen LogP contribution in [0, 0.1) is 6.20 Å². The van der Waals surface area contributed by atoms with E-state index < -0.39 is 0 Å². The van der Waals surface area contributed by atoms with Gasteiger partial charge in [-0.1, -0.05) is 13.8 Å². The smallest absolute Gasteiger partial charge is 0.114 e. The molecule has 1 rings (SSSR count). The number of hydrogen-bond donors (Lipinski definition) is 0. The molecule has 1 aromatic heterocycles. The highest BCUT2D eigenvalue weighted by molar-refractivity contribution is 5.08. The highest BCUT2D eigenvalue weighted by Gasteiger charge is 1.95. The van der Waals surface area contributed by atoms with Gasteiger partial charge in [-0.2, -0.15) is 5.10 Å². The van der Waals surface area contributed by atoms with Gasteiger partial charge in [0.1, 0.15) is 6.20 Å². The first-order chi connectivity index (χ1) is 4.30. The van der Waals surface area contributed by atoms with E-state index in [1.165, 1.54) is 5.56 Å². The summed E-state index contributed by atoms with van der Waals surface area (Å²) in [6.45, 7) is 4.23. The Kier molecular flexibility index (Phi) is 1.78. The lowest BCUT2D eigenvalue weighted by molar-refractivity contribution is 0.839. The van der Waals surface area contributed by atoms with Gasteiger partial charge in [0, 0.05) is 0 Å². The van der Waals surface area contributed by atoms with Crippen molar-refractivity contribution in [3.63, 3.8) is 0 Å². The fourth-order valence-corrected chi connectivity index (χ4v) is 0.585. The zero-order chi connectivity index (χ0) is 6.69. The lowest BCUT2D eigenvalue weighted by atomic mass is 10.1. The fourth-order valence-electron chi connectivity index (χ4n) is 0.585. The molecule has 0 amide bonds. The molecule has 2 nitrogen and oxygen atoms in total. The normalized spacial score (nSPS) is 10.1. The van der Waals surface area contributed by atoms with Gasteiger partial charge in [-0.25, -0.2) is 0 Å². The molecule has 1 aromatic rings. The predicted octanol–water partition coefficient (Wildman–Crippen LogP) is 1.40. The van der Waals surface area contributed by atoms with Gasteiger partial charge >= 0.3 is 0 Å². The molecule has 0 unspecified atom stereocenters. The van der Waals surface area contributed by atoms with Crippen molar-refractivity contribution >= 4 is 0 Å². The molecule has 0 aromatic carbocycles. The summed E-state index contributed by atoms with van der Waals surface area (Å²) in [4.78, 5) is 0. The Balaban J connectivity index is 2.85. The van der Waals surface area contributed by atoms with Crippen molar-refractivity contribution in [2.45, 2.75) is 19.8 Å². The molecule has 0 bridgehead atoms. The van der Waals surface area contributed by atoms with Crippen molar-refractivity contribution in [2.24, 2.45) is 0 Å². The summed E-state index contributed by atoms with van der Waals surface area (Å²) >= 11 is 0. The minimum Gasteiger partial charge on any atom is -0.158 e. The largest absolute Gasteiger partial charge is 0.158 e. The quantitative estimate of drug-likeness (QED) is 0.561. The molecular weight excluding hydrogens is 112 g/mol. The van der Waals surface area contributed by atoms with Crippen LogP contribution in [0.1, 0.15) is 25.3 Å². The van der Waals surface area contributed by atoms with Gasteiger partial charge in [-0.3, -0.25) is 0 Å². The third kappa shape index (κ3) is 1.49. The Morgan fingerprint density at radius 2 is 2.33 bits per heavy atom. The van der Waals surface area contributed by atoms with E-state index in [0.29, 0.717) is 5.92 Å². The minimum absolute atomic E-state index is 0.525. The summed E-state index contributed by atoms with van der Waals surface area (Å²) in [5.74, 6) is 0.525. The Labute approximate surface area is 54.9 Å². The van der Waals surface area contributed by atoms with Gasteiger partial charge in [0.2, 0.25) is 0 Å². The second-order valence-electron chi connectivity index (χ2n) is 2.27. The molecule has 47 valence electrons. The predicted molar refractivity (Wildman–Crippen MR) is 35.0 cm³/mol. The minimum atomic E-state index is 0.525. The fraction of sp³-hybridized carbons (Fsp3) is 0.429. The molecule has 9 heavy (non-hydrogen) atoms. The molecule has 0 spiro atoms. The molecule has 2 heteroatoms. The van der Waals surface area contributed by atoms with E-state index in [2.05, 4.69) is 30.2 Å². The number of hydrogen-bond acceptors (Lipinski definition) is 2. The Bertz CT molecular complexity index is 170. The van der Waals surface area contributed by atoms with Crippen LogP contribution in [0.15, 0.2) is 12.3 Å². The van der Waals surface area contributed by atoms with E-state index in [1.807, 2.05) is 6.07 Å². The Morgan fingerprint density at radius 3 is 2.67 bits per heavy atom. The van der Waals surface area contributed by atoms with Crippen LogP contribution >= 0.6 is 0 Å². The third-order valence-electron chi connectivity index (χ3n) is 1.22. The van der Waals surface area contributed by atoms with Gasteiger partial charge in [-0.05, 0) is 17.5 Å². The van der Waals surface area contributed by atoms with Gasteiger partial charge in [0.15, 0.2) is 0 Å². The maximum absolute atomic E-state index is 3.70. The van der Waals surface area contributed by atoms with Crippen LogP contribution in [0.2, 0.25) is 0 Å². The molecule has 0 atom stereocenters. The second-order valence-corrected chi connectivity index (χ2v) is 2.27. The molecule has 1 radical (unpaired) electrons. The first-order valence-electron chi connectivity index (χ1n) is 2.99. The highest BCUT2D eigenvalue weighted by Crippen LogP contribution is 2.09. The molecule has 1 heterocycles. The van der Waals surface area contributed by atoms with Gasteiger partial charge < -0.3 is 0 Å². The van der Waals surface area contributed by atoms with Crippen molar-refractivity contribution in [3.05, 3.63) is 24.0 Å². The molecular formula is C7H9N2. The average molecular weight is 121 g/mol. The molecule has 0 saturated carbocycles. The maximum Gasteiger partial charge on any atom is 0.114 e. The highest BCUT2D eigenvalue weighted by atomic mass is 15.1. The summed E-state index contributed by atoms with van der Waals surface area (Å²) in [5, 5.41) is 7.25. The average Bonchev–Trinajstić information content (AvgIpc) is 1.90. The monoisotopic (exact) mass is 121 g/mol. The van der Waals surface area contributed by atoms with Crippen LogP contribution in [0.3, 0.4) is 0 Å². The first-order valence-corrected chi connectivity index (χ1v) is 2.99. The van der Waals surface area contributed by atoms with Crippen LogP contribution < -0.4 is 0 Å². The van der Waals surface area contributed by atoms with E-state index in [1.54, 1.807) is 6.20 Å². The van der Waals surface area contributed by atoms with Crippen molar-refractivity contribution in [3.8, 4) is 0 Å². The van der Waals surface area contributed by atoms with E-state index in [-0.39, 0.29) is 0 Å². The lowest BCUT2D eigenvalue weighted by Gasteiger charge is -1.99. The van der Waals surface area contributed by atoms with Crippen LogP contribution in [0.4, 0.5) is 0 Å². The summed E-state index contributed by atoms with van der Waals surface area (Å²) in [5.41, 5.74) is 1.19. The molecule has 0 aliphatic rings. The SMILES string of the molecule is CC(C)c1c[c]nnc1. The van der Waals surface area contributed by atoms with Crippen molar-refractivity contribution < 1.29 is 0 Å². The zero-order valence-electron chi connectivity index (χ0n) is 5.63. The van der Waals surface area contributed by atoms with Crippen molar-refractivity contribution in [1.29, 1.82) is 0 Å². The van der Waals surface area contributed by atoms with Gasteiger partial charge in [0.25, 0.3) is 0 Å². The maximum atomic E-state index is 3.70. The Hall–Kier alpha value is -0.920.